The van der Waals surface area contributed by atoms with E-state index in [-0.39, 0.29) is 18.4 Å². The van der Waals surface area contributed by atoms with Crippen molar-refractivity contribution in [3.8, 4) is 0 Å². The molecule has 0 bridgehead atoms. The zero-order valence-corrected chi connectivity index (χ0v) is 11.0. The van der Waals surface area contributed by atoms with Gasteiger partial charge in [-0.05, 0) is 17.9 Å². The van der Waals surface area contributed by atoms with Gasteiger partial charge in [0.05, 0.1) is 11.6 Å². The fourth-order valence-corrected chi connectivity index (χ4v) is 3.16. The first-order valence-corrected chi connectivity index (χ1v) is 7.44. The molecule has 1 aliphatic heterocycles. The maximum atomic E-state index is 11.6. The molecule has 0 aromatic carbocycles. The van der Waals surface area contributed by atoms with Crippen molar-refractivity contribution in [2.75, 3.05) is 24.7 Å². The molecule has 0 unspecified atom stereocenters. The van der Waals surface area contributed by atoms with Crippen LogP contribution in [-0.4, -0.2) is 41.4 Å². The number of hydrogen-bond donors (Lipinski definition) is 1. The monoisotopic (exact) mass is 270 g/mol. The molecule has 92 valence electrons. The highest BCUT2D eigenvalue weighted by atomic mass is 32.2. The van der Waals surface area contributed by atoms with E-state index in [1.807, 2.05) is 11.4 Å². The van der Waals surface area contributed by atoms with Crippen molar-refractivity contribution in [1.82, 2.24) is 10.2 Å². The molecule has 6 heteroatoms. The molecule has 1 aromatic rings. The standard InChI is InChI=1S/C11H14N2O2S2/c14-10(6-13-8-16-7-11(13)15)12-4-3-9-2-1-5-17-9/h1-2,5H,3-4,6-8H2,(H,12,14). The molecule has 1 saturated heterocycles. The Kier molecular flexibility index (Phi) is 4.44. The Labute approximate surface area is 108 Å². The first-order valence-electron chi connectivity index (χ1n) is 5.40. The maximum Gasteiger partial charge on any atom is 0.239 e. The number of carbonyl (C=O) groups is 2. The third-order valence-corrected chi connectivity index (χ3v) is 4.32. The first-order chi connectivity index (χ1) is 8.25. The average Bonchev–Trinajstić information content (AvgIpc) is 2.92. The molecule has 1 aromatic heterocycles. The SMILES string of the molecule is O=C(CN1CSCC1=O)NCCc1cccs1. The van der Waals surface area contributed by atoms with E-state index < -0.39 is 0 Å². The zero-order valence-electron chi connectivity index (χ0n) is 9.35. The number of rotatable bonds is 5. The second kappa shape index (κ2) is 6.07. The normalized spacial score (nSPS) is 15.3. The summed E-state index contributed by atoms with van der Waals surface area (Å²) in [5.41, 5.74) is 0. The lowest BCUT2D eigenvalue weighted by Crippen LogP contribution is -2.38. The lowest BCUT2D eigenvalue weighted by molar-refractivity contribution is -0.132. The molecule has 2 rings (SSSR count). The summed E-state index contributed by atoms with van der Waals surface area (Å²) in [5, 5.41) is 4.86. The molecule has 2 heterocycles. The first kappa shape index (κ1) is 12.4. The molecular weight excluding hydrogens is 256 g/mol. The number of nitrogens with one attached hydrogen (secondary N) is 1. The van der Waals surface area contributed by atoms with Gasteiger partial charge in [-0.25, -0.2) is 0 Å². The van der Waals surface area contributed by atoms with Crippen LogP contribution in [0, 0.1) is 0 Å². The Morgan fingerprint density at radius 3 is 3.06 bits per heavy atom. The Bertz CT molecular complexity index is 392. The van der Waals surface area contributed by atoms with Gasteiger partial charge in [0.25, 0.3) is 0 Å². The van der Waals surface area contributed by atoms with Gasteiger partial charge in [0, 0.05) is 11.4 Å². The van der Waals surface area contributed by atoms with Crippen molar-refractivity contribution >= 4 is 34.9 Å². The smallest absolute Gasteiger partial charge is 0.239 e. The molecule has 1 aliphatic rings. The van der Waals surface area contributed by atoms with Crippen LogP contribution >= 0.6 is 23.1 Å². The fourth-order valence-electron chi connectivity index (χ4n) is 1.55. The highest BCUT2D eigenvalue weighted by Gasteiger charge is 2.22. The van der Waals surface area contributed by atoms with Crippen molar-refractivity contribution < 1.29 is 9.59 Å². The van der Waals surface area contributed by atoms with Crippen LogP contribution in [0.1, 0.15) is 4.88 Å². The van der Waals surface area contributed by atoms with Crippen molar-refractivity contribution in [1.29, 1.82) is 0 Å². The highest BCUT2D eigenvalue weighted by molar-refractivity contribution is 8.00. The van der Waals surface area contributed by atoms with Gasteiger partial charge in [-0.1, -0.05) is 6.07 Å². The summed E-state index contributed by atoms with van der Waals surface area (Å²) in [6, 6.07) is 4.05. The largest absolute Gasteiger partial charge is 0.354 e. The summed E-state index contributed by atoms with van der Waals surface area (Å²) in [7, 11) is 0. The minimum absolute atomic E-state index is 0.0587. The van der Waals surface area contributed by atoms with Crippen LogP contribution in [0.3, 0.4) is 0 Å². The third-order valence-electron chi connectivity index (χ3n) is 2.43. The van der Waals surface area contributed by atoms with E-state index in [9.17, 15) is 9.59 Å². The van der Waals surface area contributed by atoms with Crippen LogP contribution in [0.15, 0.2) is 17.5 Å². The molecule has 0 atom stereocenters. The van der Waals surface area contributed by atoms with E-state index in [1.54, 1.807) is 28.0 Å². The molecule has 1 N–H and O–H groups in total. The van der Waals surface area contributed by atoms with Gasteiger partial charge in [-0.2, -0.15) is 0 Å². The second-order valence-electron chi connectivity index (χ2n) is 3.75. The van der Waals surface area contributed by atoms with Gasteiger partial charge < -0.3 is 10.2 Å². The van der Waals surface area contributed by atoms with Crippen LogP contribution in [0.2, 0.25) is 0 Å². The second-order valence-corrected chi connectivity index (χ2v) is 5.74. The van der Waals surface area contributed by atoms with E-state index >= 15 is 0 Å². The van der Waals surface area contributed by atoms with Gasteiger partial charge in [-0.3, -0.25) is 9.59 Å². The molecule has 2 amide bonds. The summed E-state index contributed by atoms with van der Waals surface area (Å²) in [6.45, 7) is 0.824. The number of amides is 2. The summed E-state index contributed by atoms with van der Waals surface area (Å²) < 4.78 is 0. The van der Waals surface area contributed by atoms with E-state index in [4.69, 9.17) is 0 Å². The lowest BCUT2D eigenvalue weighted by Gasteiger charge is -2.13. The maximum absolute atomic E-state index is 11.6. The van der Waals surface area contributed by atoms with Crippen LogP contribution in [0.4, 0.5) is 0 Å². The van der Waals surface area contributed by atoms with Crippen LogP contribution in [-0.2, 0) is 16.0 Å². The molecule has 0 saturated carbocycles. The number of carbonyl (C=O) groups excluding carboxylic acids is 2. The van der Waals surface area contributed by atoms with Crippen molar-refractivity contribution in [3.05, 3.63) is 22.4 Å². The molecule has 0 aliphatic carbocycles. The quantitative estimate of drug-likeness (QED) is 0.866. The number of nitrogens with zero attached hydrogens (tertiary/aromatic N) is 1. The predicted octanol–water partition coefficient (Wildman–Crippen LogP) is 0.940. The van der Waals surface area contributed by atoms with Gasteiger partial charge in [0.15, 0.2) is 0 Å². The molecule has 0 spiro atoms. The summed E-state index contributed by atoms with van der Waals surface area (Å²) in [4.78, 5) is 25.7. The van der Waals surface area contributed by atoms with Gasteiger partial charge in [0.1, 0.15) is 6.54 Å². The van der Waals surface area contributed by atoms with Gasteiger partial charge in [0.2, 0.25) is 11.8 Å². The summed E-state index contributed by atoms with van der Waals surface area (Å²) in [6.07, 6.45) is 0.853. The molecule has 0 radical (unpaired) electrons. The molecular formula is C11H14N2O2S2. The van der Waals surface area contributed by atoms with E-state index in [1.165, 1.54) is 4.88 Å². The summed E-state index contributed by atoms with van der Waals surface area (Å²) in [5.74, 6) is 1.13. The van der Waals surface area contributed by atoms with Crippen molar-refractivity contribution in [2.24, 2.45) is 0 Å². The van der Waals surface area contributed by atoms with Crippen molar-refractivity contribution in [2.45, 2.75) is 6.42 Å². The molecule has 17 heavy (non-hydrogen) atoms. The summed E-state index contributed by atoms with van der Waals surface area (Å²) >= 11 is 3.24. The fraction of sp³-hybridized carbons (Fsp3) is 0.455. The Morgan fingerprint density at radius 2 is 2.41 bits per heavy atom. The number of hydrogen-bond acceptors (Lipinski definition) is 4. The lowest BCUT2D eigenvalue weighted by atomic mass is 10.3. The average molecular weight is 270 g/mol. The van der Waals surface area contributed by atoms with Crippen LogP contribution in [0.25, 0.3) is 0 Å². The Morgan fingerprint density at radius 1 is 1.53 bits per heavy atom. The highest BCUT2D eigenvalue weighted by Crippen LogP contribution is 2.13. The van der Waals surface area contributed by atoms with Crippen LogP contribution in [0.5, 0.6) is 0 Å². The minimum atomic E-state index is -0.0718. The molecule has 1 fully saturated rings. The topological polar surface area (TPSA) is 49.4 Å². The molecule has 4 nitrogen and oxygen atoms in total. The van der Waals surface area contributed by atoms with Gasteiger partial charge in [-0.15, -0.1) is 23.1 Å². The zero-order chi connectivity index (χ0) is 12.1. The third kappa shape index (κ3) is 3.74. The Hall–Kier alpha value is -1.01. The van der Waals surface area contributed by atoms with E-state index in [0.29, 0.717) is 18.2 Å². The Balaban J connectivity index is 1.65. The number of thiophene rings is 1. The van der Waals surface area contributed by atoms with Crippen LogP contribution < -0.4 is 5.32 Å². The van der Waals surface area contributed by atoms with Crippen molar-refractivity contribution in [3.63, 3.8) is 0 Å². The predicted molar refractivity (Wildman–Crippen MR) is 70.1 cm³/mol. The van der Waals surface area contributed by atoms with E-state index in [2.05, 4.69) is 11.4 Å². The van der Waals surface area contributed by atoms with E-state index in [0.717, 1.165) is 6.42 Å². The minimum Gasteiger partial charge on any atom is -0.354 e. The number of thioether (sulfide) groups is 1. The van der Waals surface area contributed by atoms with Gasteiger partial charge >= 0.3 is 0 Å².